The van der Waals surface area contributed by atoms with Crippen LogP contribution in [0.1, 0.15) is 90.4 Å². The molecule has 0 aromatic heterocycles. The van der Waals surface area contributed by atoms with E-state index in [1.807, 2.05) is 0 Å². The Hall–Kier alpha value is -0.0800. The molecule has 0 spiro atoms. The molecule has 2 unspecified atom stereocenters. The fourth-order valence-electron chi connectivity index (χ4n) is 2.91. The van der Waals surface area contributed by atoms with Crippen LogP contribution in [0.3, 0.4) is 0 Å². The molecule has 19 heavy (non-hydrogen) atoms. The first-order valence-electron chi connectivity index (χ1n) is 8.62. The third kappa shape index (κ3) is 9.45. The summed E-state index contributed by atoms with van der Waals surface area (Å²) in [4.78, 5) is 0. The minimum atomic E-state index is -0.0932. The van der Waals surface area contributed by atoms with Crippen LogP contribution < -0.4 is 0 Å². The predicted octanol–water partition coefficient (Wildman–Crippen LogP) is 4.84. The Kier molecular flexibility index (Phi) is 10.5. The molecule has 1 saturated heterocycles. The molecule has 0 aliphatic carbocycles. The Bertz CT molecular complexity index is 188. The maximum absolute atomic E-state index is 9.93. The van der Waals surface area contributed by atoms with Gasteiger partial charge in [0.2, 0.25) is 0 Å². The van der Waals surface area contributed by atoms with Gasteiger partial charge in [0.25, 0.3) is 0 Å². The van der Waals surface area contributed by atoms with Crippen molar-refractivity contribution in [2.45, 2.75) is 103 Å². The van der Waals surface area contributed by atoms with E-state index in [0.29, 0.717) is 6.10 Å². The predicted molar refractivity (Wildman–Crippen MR) is 81.4 cm³/mol. The SMILES string of the molecule is CCCCCCCCCCC(O)CCC1CCCO1. The zero-order chi connectivity index (χ0) is 13.8. The first-order valence-corrected chi connectivity index (χ1v) is 8.62. The van der Waals surface area contributed by atoms with Crippen LogP contribution in [-0.4, -0.2) is 23.9 Å². The second kappa shape index (κ2) is 11.7. The molecule has 1 N–H and O–H groups in total. The summed E-state index contributed by atoms with van der Waals surface area (Å²) in [6.45, 7) is 3.19. The molecule has 1 fully saturated rings. The van der Waals surface area contributed by atoms with Crippen molar-refractivity contribution in [2.75, 3.05) is 6.61 Å². The molecule has 0 saturated carbocycles. The molecule has 1 rings (SSSR count). The molecular weight excluding hydrogens is 236 g/mol. The highest BCUT2D eigenvalue weighted by Crippen LogP contribution is 2.19. The molecule has 1 aliphatic rings. The van der Waals surface area contributed by atoms with E-state index in [2.05, 4.69) is 6.92 Å². The zero-order valence-electron chi connectivity index (χ0n) is 12.9. The largest absolute Gasteiger partial charge is 0.393 e. The van der Waals surface area contributed by atoms with Crippen LogP contribution in [0.25, 0.3) is 0 Å². The molecule has 0 radical (unpaired) electrons. The highest BCUT2D eigenvalue weighted by atomic mass is 16.5. The van der Waals surface area contributed by atoms with Gasteiger partial charge in [0, 0.05) is 6.61 Å². The summed E-state index contributed by atoms with van der Waals surface area (Å²) < 4.78 is 5.58. The number of ether oxygens (including phenoxy) is 1. The van der Waals surface area contributed by atoms with E-state index >= 15 is 0 Å². The van der Waals surface area contributed by atoms with Crippen LogP contribution in [0.15, 0.2) is 0 Å². The number of hydrogen-bond donors (Lipinski definition) is 1. The quantitative estimate of drug-likeness (QED) is 0.514. The molecule has 1 aliphatic heterocycles. The first kappa shape index (κ1) is 17.0. The number of hydrogen-bond acceptors (Lipinski definition) is 2. The Labute approximate surface area is 119 Å². The lowest BCUT2D eigenvalue weighted by molar-refractivity contribution is 0.0782. The van der Waals surface area contributed by atoms with Crippen molar-refractivity contribution in [1.29, 1.82) is 0 Å². The van der Waals surface area contributed by atoms with Gasteiger partial charge in [0.15, 0.2) is 0 Å². The Morgan fingerprint density at radius 2 is 1.68 bits per heavy atom. The average Bonchev–Trinajstić information content (AvgIpc) is 2.93. The Balaban J connectivity index is 1.80. The number of aliphatic hydroxyl groups excluding tert-OH is 1. The standard InChI is InChI=1S/C17H34O2/c1-2-3-4-5-6-7-8-9-11-16(18)13-14-17-12-10-15-19-17/h16-18H,2-15H2,1H3. The van der Waals surface area contributed by atoms with E-state index in [-0.39, 0.29) is 6.10 Å². The maximum atomic E-state index is 9.93. The van der Waals surface area contributed by atoms with E-state index in [9.17, 15) is 5.11 Å². The van der Waals surface area contributed by atoms with Crippen LogP contribution in [0.4, 0.5) is 0 Å². The van der Waals surface area contributed by atoms with Crippen molar-refractivity contribution in [3.63, 3.8) is 0 Å². The monoisotopic (exact) mass is 270 g/mol. The van der Waals surface area contributed by atoms with E-state index in [1.165, 1.54) is 64.2 Å². The second-order valence-electron chi connectivity index (χ2n) is 6.13. The van der Waals surface area contributed by atoms with Gasteiger partial charge in [-0.1, -0.05) is 58.3 Å². The van der Waals surface area contributed by atoms with Gasteiger partial charge in [0.1, 0.15) is 0 Å². The van der Waals surface area contributed by atoms with E-state index in [4.69, 9.17) is 4.74 Å². The molecule has 114 valence electrons. The molecule has 0 bridgehead atoms. The lowest BCUT2D eigenvalue weighted by Gasteiger charge is -2.13. The van der Waals surface area contributed by atoms with Gasteiger partial charge in [-0.2, -0.15) is 0 Å². The minimum absolute atomic E-state index is 0.0932. The fraction of sp³-hybridized carbons (Fsp3) is 1.00. The summed E-state index contributed by atoms with van der Waals surface area (Å²) in [5.41, 5.74) is 0. The van der Waals surface area contributed by atoms with Gasteiger partial charge in [-0.15, -0.1) is 0 Å². The molecule has 2 heteroatoms. The van der Waals surface area contributed by atoms with Gasteiger partial charge in [0.05, 0.1) is 12.2 Å². The third-order valence-electron chi connectivity index (χ3n) is 4.24. The van der Waals surface area contributed by atoms with Gasteiger partial charge >= 0.3 is 0 Å². The summed E-state index contributed by atoms with van der Waals surface area (Å²) >= 11 is 0. The van der Waals surface area contributed by atoms with Gasteiger partial charge in [-0.25, -0.2) is 0 Å². The maximum Gasteiger partial charge on any atom is 0.0577 e. The molecule has 0 aromatic rings. The average molecular weight is 270 g/mol. The second-order valence-corrected chi connectivity index (χ2v) is 6.13. The molecule has 2 atom stereocenters. The van der Waals surface area contributed by atoms with Crippen molar-refractivity contribution >= 4 is 0 Å². The summed E-state index contributed by atoms with van der Waals surface area (Å²) in [5, 5.41) is 9.93. The smallest absolute Gasteiger partial charge is 0.0577 e. The number of rotatable bonds is 12. The van der Waals surface area contributed by atoms with Crippen molar-refractivity contribution in [1.82, 2.24) is 0 Å². The van der Waals surface area contributed by atoms with E-state index in [1.54, 1.807) is 0 Å². The fourth-order valence-corrected chi connectivity index (χ4v) is 2.91. The summed E-state index contributed by atoms with van der Waals surface area (Å²) in [5.74, 6) is 0. The van der Waals surface area contributed by atoms with Gasteiger partial charge in [-0.3, -0.25) is 0 Å². The summed E-state index contributed by atoms with van der Waals surface area (Å²) in [7, 11) is 0. The van der Waals surface area contributed by atoms with E-state index < -0.39 is 0 Å². The van der Waals surface area contributed by atoms with E-state index in [0.717, 1.165) is 25.9 Å². The van der Waals surface area contributed by atoms with Crippen LogP contribution >= 0.6 is 0 Å². The highest BCUT2D eigenvalue weighted by Gasteiger charge is 2.16. The molecule has 1 heterocycles. The first-order chi connectivity index (χ1) is 9.33. The lowest BCUT2D eigenvalue weighted by atomic mass is 10.0. The topological polar surface area (TPSA) is 29.5 Å². The lowest BCUT2D eigenvalue weighted by Crippen LogP contribution is -2.12. The zero-order valence-corrected chi connectivity index (χ0v) is 12.9. The van der Waals surface area contributed by atoms with Gasteiger partial charge < -0.3 is 9.84 Å². The molecule has 0 amide bonds. The Morgan fingerprint density at radius 1 is 1.00 bits per heavy atom. The number of aliphatic hydroxyl groups is 1. The van der Waals surface area contributed by atoms with Crippen LogP contribution in [0.5, 0.6) is 0 Å². The third-order valence-corrected chi connectivity index (χ3v) is 4.24. The van der Waals surface area contributed by atoms with Crippen molar-refractivity contribution < 1.29 is 9.84 Å². The van der Waals surface area contributed by atoms with Crippen molar-refractivity contribution in [3.8, 4) is 0 Å². The van der Waals surface area contributed by atoms with Crippen molar-refractivity contribution in [2.24, 2.45) is 0 Å². The Morgan fingerprint density at radius 3 is 2.32 bits per heavy atom. The molecular formula is C17H34O2. The van der Waals surface area contributed by atoms with Gasteiger partial charge in [-0.05, 0) is 32.1 Å². The highest BCUT2D eigenvalue weighted by molar-refractivity contribution is 4.67. The number of unbranched alkanes of at least 4 members (excludes halogenated alkanes) is 7. The molecule has 2 nitrogen and oxygen atoms in total. The van der Waals surface area contributed by atoms with Crippen LogP contribution in [0.2, 0.25) is 0 Å². The molecule has 0 aromatic carbocycles. The summed E-state index contributed by atoms with van der Waals surface area (Å²) in [6, 6.07) is 0. The summed E-state index contributed by atoms with van der Waals surface area (Å²) in [6.07, 6.45) is 16.5. The normalized spacial score (nSPS) is 20.8. The minimum Gasteiger partial charge on any atom is -0.393 e. The van der Waals surface area contributed by atoms with Crippen LogP contribution in [0, 0.1) is 0 Å². The van der Waals surface area contributed by atoms with Crippen molar-refractivity contribution in [3.05, 3.63) is 0 Å². The van der Waals surface area contributed by atoms with Crippen LogP contribution in [-0.2, 0) is 4.74 Å².